The van der Waals surface area contributed by atoms with Gasteiger partial charge in [0.05, 0.1) is 12.8 Å². The highest BCUT2D eigenvalue weighted by molar-refractivity contribution is 5.92. The Balaban J connectivity index is 2.02. The molecule has 0 unspecified atom stereocenters. The summed E-state index contributed by atoms with van der Waals surface area (Å²) in [6, 6.07) is 5.24. The van der Waals surface area contributed by atoms with Crippen molar-refractivity contribution in [2.45, 2.75) is 26.8 Å². The quantitative estimate of drug-likeness (QED) is 0.843. The number of carbonyl (C=O) groups is 1. The molecule has 2 aromatic rings. The number of rotatable bonds is 6. The largest absolute Gasteiger partial charge is 0.467 e. The molecule has 0 aliphatic heterocycles. The molecule has 0 atom stereocenters. The van der Waals surface area contributed by atoms with Gasteiger partial charge in [0.15, 0.2) is 0 Å². The van der Waals surface area contributed by atoms with Gasteiger partial charge in [-0.2, -0.15) is 0 Å². The molecule has 106 valence electrons. The van der Waals surface area contributed by atoms with Gasteiger partial charge in [0.2, 0.25) is 0 Å². The summed E-state index contributed by atoms with van der Waals surface area (Å²) in [5, 5.41) is 5.91. The van der Waals surface area contributed by atoms with Crippen LogP contribution in [0.3, 0.4) is 0 Å². The van der Waals surface area contributed by atoms with E-state index in [4.69, 9.17) is 4.42 Å². The predicted molar refractivity (Wildman–Crippen MR) is 75.4 cm³/mol. The number of aromatic nitrogens is 2. The number of amides is 1. The number of hydrogen-bond acceptors (Lipinski definition) is 5. The van der Waals surface area contributed by atoms with Crippen LogP contribution in [0.2, 0.25) is 0 Å². The van der Waals surface area contributed by atoms with E-state index in [1.54, 1.807) is 31.4 Å². The molecule has 0 saturated carbocycles. The first-order valence-corrected chi connectivity index (χ1v) is 6.59. The number of aryl methyl sites for hydroxylation is 1. The van der Waals surface area contributed by atoms with Crippen molar-refractivity contribution in [3.05, 3.63) is 41.7 Å². The Morgan fingerprint density at radius 1 is 1.40 bits per heavy atom. The minimum atomic E-state index is -0.244. The van der Waals surface area contributed by atoms with E-state index in [-0.39, 0.29) is 5.91 Å². The van der Waals surface area contributed by atoms with Crippen molar-refractivity contribution >= 4 is 11.7 Å². The van der Waals surface area contributed by atoms with Gasteiger partial charge in [0.1, 0.15) is 23.1 Å². The summed E-state index contributed by atoms with van der Waals surface area (Å²) < 4.78 is 5.16. The molecule has 20 heavy (non-hydrogen) atoms. The van der Waals surface area contributed by atoms with Crippen molar-refractivity contribution in [3.63, 3.8) is 0 Å². The Labute approximate surface area is 117 Å². The van der Waals surface area contributed by atoms with Gasteiger partial charge >= 0.3 is 0 Å². The van der Waals surface area contributed by atoms with Gasteiger partial charge in [-0.3, -0.25) is 4.79 Å². The van der Waals surface area contributed by atoms with Gasteiger partial charge in [0, 0.05) is 12.6 Å². The second kappa shape index (κ2) is 6.70. The molecule has 0 radical (unpaired) electrons. The lowest BCUT2D eigenvalue weighted by molar-refractivity contribution is 0.0942. The standard InChI is InChI=1S/C14H18N4O2/c1-3-6-15-13-8-12(17-10(2)18-13)14(19)16-9-11-5-4-7-20-11/h4-5,7-8H,3,6,9H2,1-2H3,(H,16,19)(H,15,17,18). The van der Waals surface area contributed by atoms with Gasteiger partial charge in [-0.05, 0) is 25.5 Å². The number of carbonyl (C=O) groups excluding carboxylic acids is 1. The highest BCUT2D eigenvalue weighted by Crippen LogP contribution is 2.07. The summed E-state index contributed by atoms with van der Waals surface area (Å²) in [6.45, 7) is 4.98. The highest BCUT2D eigenvalue weighted by Gasteiger charge is 2.10. The van der Waals surface area contributed by atoms with Crippen LogP contribution in [-0.2, 0) is 6.54 Å². The summed E-state index contributed by atoms with van der Waals surface area (Å²) in [6.07, 6.45) is 2.56. The van der Waals surface area contributed by atoms with E-state index in [1.807, 2.05) is 0 Å². The van der Waals surface area contributed by atoms with Crippen molar-refractivity contribution in [1.82, 2.24) is 15.3 Å². The van der Waals surface area contributed by atoms with E-state index in [0.717, 1.165) is 13.0 Å². The Morgan fingerprint density at radius 2 is 2.25 bits per heavy atom. The van der Waals surface area contributed by atoms with Crippen molar-refractivity contribution < 1.29 is 9.21 Å². The molecule has 0 saturated heterocycles. The molecule has 2 aromatic heterocycles. The van der Waals surface area contributed by atoms with Crippen LogP contribution in [0.4, 0.5) is 5.82 Å². The maximum absolute atomic E-state index is 12.0. The third-order valence-electron chi connectivity index (χ3n) is 2.63. The van der Waals surface area contributed by atoms with E-state index in [0.29, 0.717) is 29.6 Å². The molecule has 2 heterocycles. The lowest BCUT2D eigenvalue weighted by Gasteiger charge is -2.07. The van der Waals surface area contributed by atoms with Crippen molar-refractivity contribution in [3.8, 4) is 0 Å². The molecule has 0 bridgehead atoms. The predicted octanol–water partition coefficient (Wildman–Crippen LogP) is 2.13. The van der Waals surface area contributed by atoms with Gasteiger partial charge in [0.25, 0.3) is 5.91 Å². The summed E-state index contributed by atoms with van der Waals surface area (Å²) in [4.78, 5) is 20.4. The van der Waals surface area contributed by atoms with Crippen LogP contribution in [0, 0.1) is 6.92 Å². The molecular formula is C14H18N4O2. The summed E-state index contributed by atoms with van der Waals surface area (Å²) >= 11 is 0. The molecule has 0 aliphatic carbocycles. The number of nitrogens with one attached hydrogen (secondary N) is 2. The van der Waals surface area contributed by atoms with Crippen molar-refractivity contribution in [2.75, 3.05) is 11.9 Å². The van der Waals surface area contributed by atoms with Gasteiger partial charge in [-0.25, -0.2) is 9.97 Å². The first kappa shape index (κ1) is 14.0. The monoisotopic (exact) mass is 274 g/mol. The molecular weight excluding hydrogens is 256 g/mol. The zero-order chi connectivity index (χ0) is 14.4. The Bertz CT molecular complexity index is 567. The lowest BCUT2D eigenvalue weighted by Crippen LogP contribution is -2.24. The fraction of sp³-hybridized carbons (Fsp3) is 0.357. The molecule has 2 N–H and O–H groups in total. The van der Waals surface area contributed by atoms with Crippen molar-refractivity contribution in [2.24, 2.45) is 0 Å². The molecule has 6 heteroatoms. The number of nitrogens with zero attached hydrogens (tertiary/aromatic N) is 2. The van der Waals surface area contributed by atoms with Crippen LogP contribution in [0.5, 0.6) is 0 Å². The van der Waals surface area contributed by atoms with E-state index in [9.17, 15) is 4.79 Å². The van der Waals surface area contributed by atoms with Crippen LogP contribution in [0.15, 0.2) is 28.9 Å². The average molecular weight is 274 g/mol. The fourth-order valence-electron chi connectivity index (χ4n) is 1.70. The maximum Gasteiger partial charge on any atom is 0.270 e. The molecule has 0 fully saturated rings. The number of hydrogen-bond donors (Lipinski definition) is 2. The number of furan rings is 1. The van der Waals surface area contributed by atoms with Crippen LogP contribution < -0.4 is 10.6 Å². The molecule has 0 aliphatic rings. The zero-order valence-corrected chi connectivity index (χ0v) is 11.6. The topological polar surface area (TPSA) is 80.0 Å². The molecule has 1 amide bonds. The smallest absolute Gasteiger partial charge is 0.270 e. The minimum Gasteiger partial charge on any atom is -0.467 e. The second-order valence-electron chi connectivity index (χ2n) is 4.37. The van der Waals surface area contributed by atoms with Crippen LogP contribution in [-0.4, -0.2) is 22.4 Å². The Hall–Kier alpha value is -2.37. The fourth-order valence-corrected chi connectivity index (χ4v) is 1.70. The average Bonchev–Trinajstić information content (AvgIpc) is 2.95. The molecule has 0 aromatic carbocycles. The normalized spacial score (nSPS) is 10.3. The van der Waals surface area contributed by atoms with Crippen LogP contribution >= 0.6 is 0 Å². The van der Waals surface area contributed by atoms with E-state index in [2.05, 4.69) is 27.5 Å². The SMILES string of the molecule is CCCNc1cc(C(=O)NCc2ccco2)nc(C)n1. The third-order valence-corrected chi connectivity index (χ3v) is 2.63. The first-order chi connectivity index (χ1) is 9.69. The highest BCUT2D eigenvalue weighted by atomic mass is 16.3. The van der Waals surface area contributed by atoms with Gasteiger partial charge in [-0.15, -0.1) is 0 Å². The second-order valence-corrected chi connectivity index (χ2v) is 4.37. The maximum atomic E-state index is 12.0. The third kappa shape index (κ3) is 3.81. The Kier molecular flexibility index (Phi) is 4.70. The van der Waals surface area contributed by atoms with Crippen LogP contribution in [0.1, 0.15) is 35.4 Å². The van der Waals surface area contributed by atoms with Gasteiger partial charge in [-0.1, -0.05) is 6.92 Å². The first-order valence-electron chi connectivity index (χ1n) is 6.59. The van der Waals surface area contributed by atoms with Crippen molar-refractivity contribution in [1.29, 1.82) is 0 Å². The summed E-state index contributed by atoms with van der Waals surface area (Å²) in [7, 11) is 0. The zero-order valence-electron chi connectivity index (χ0n) is 11.6. The van der Waals surface area contributed by atoms with Crippen LogP contribution in [0.25, 0.3) is 0 Å². The van der Waals surface area contributed by atoms with E-state index < -0.39 is 0 Å². The van der Waals surface area contributed by atoms with E-state index in [1.165, 1.54) is 0 Å². The van der Waals surface area contributed by atoms with E-state index >= 15 is 0 Å². The lowest BCUT2D eigenvalue weighted by atomic mass is 10.3. The minimum absolute atomic E-state index is 0.244. The van der Waals surface area contributed by atoms with Gasteiger partial charge < -0.3 is 15.1 Å². The molecule has 6 nitrogen and oxygen atoms in total. The Morgan fingerprint density at radius 3 is 2.95 bits per heavy atom. The number of anilines is 1. The summed E-state index contributed by atoms with van der Waals surface area (Å²) in [5.41, 5.74) is 0.350. The molecule has 2 rings (SSSR count). The summed E-state index contributed by atoms with van der Waals surface area (Å²) in [5.74, 6) is 1.69. The molecule has 0 spiro atoms.